The molecule has 0 aliphatic rings. The van der Waals surface area contributed by atoms with E-state index in [-0.39, 0.29) is 18.8 Å². The van der Waals surface area contributed by atoms with Gasteiger partial charge in [0, 0.05) is 11.6 Å². The molecule has 1 unspecified atom stereocenters. The van der Waals surface area contributed by atoms with Gasteiger partial charge in [0.1, 0.15) is 5.82 Å². The Morgan fingerprint density at radius 3 is 2.48 bits per heavy atom. The number of rotatable bonds is 6. The summed E-state index contributed by atoms with van der Waals surface area (Å²) in [5, 5.41) is 0. The van der Waals surface area contributed by atoms with Crippen LogP contribution in [0.15, 0.2) is 36.4 Å². The lowest BCUT2D eigenvalue weighted by Crippen LogP contribution is -2.13. The van der Waals surface area contributed by atoms with Gasteiger partial charge in [0.15, 0.2) is 6.10 Å². The zero-order chi connectivity index (χ0) is 15.7. The van der Waals surface area contributed by atoms with Gasteiger partial charge in [-0.15, -0.1) is 0 Å². The van der Waals surface area contributed by atoms with E-state index in [0.29, 0.717) is 0 Å². The molecule has 21 heavy (non-hydrogen) atoms. The predicted molar refractivity (Wildman–Crippen MR) is 73.0 cm³/mol. The van der Waals surface area contributed by atoms with E-state index in [9.17, 15) is 14.0 Å². The predicted octanol–water partition coefficient (Wildman–Crippen LogP) is 3.16. The third-order valence-corrected chi connectivity index (χ3v) is 2.39. The van der Waals surface area contributed by atoms with Gasteiger partial charge in [-0.1, -0.05) is 18.2 Å². The highest BCUT2D eigenvalue weighted by Crippen LogP contribution is 2.22. The number of hydrogen-bond donors (Lipinski definition) is 0. The van der Waals surface area contributed by atoms with Crippen molar-refractivity contribution in [2.24, 2.45) is 0 Å². The normalized spacial score (nSPS) is 12.0. The summed E-state index contributed by atoms with van der Waals surface area (Å²) in [6.45, 7) is 3.62. The number of ether oxygens (including phenoxy) is 3. The minimum atomic E-state index is -1.07. The van der Waals surface area contributed by atoms with Gasteiger partial charge in [-0.05, 0) is 26.0 Å². The van der Waals surface area contributed by atoms with Crippen LogP contribution in [-0.4, -0.2) is 25.3 Å². The Balaban J connectivity index is 2.92. The fourth-order valence-electron chi connectivity index (χ4n) is 1.52. The summed E-state index contributed by atoms with van der Waals surface area (Å²) in [6, 6.07) is 5.79. The number of hydrogen-bond acceptors (Lipinski definition) is 5. The highest BCUT2D eigenvalue weighted by atomic mass is 19.1. The molecule has 0 aromatic heterocycles. The summed E-state index contributed by atoms with van der Waals surface area (Å²) in [7, 11) is 0. The maximum absolute atomic E-state index is 13.8. The van der Waals surface area contributed by atoms with Crippen LogP contribution in [0.25, 0.3) is 0 Å². The van der Waals surface area contributed by atoms with Crippen LogP contribution >= 0.6 is 0 Å². The standard InChI is InChI=1S/C15H17FO5/c1-3-19-14(17)10-9-13(21-15(18)20-4-2)11-7-5-6-8-12(11)16/h5-10,13H,3-4H2,1-2H3/b10-9-. The Kier molecular flexibility index (Phi) is 6.94. The first-order chi connectivity index (χ1) is 10.1. The maximum atomic E-state index is 13.8. The second kappa shape index (κ2) is 8.73. The van der Waals surface area contributed by atoms with Gasteiger partial charge >= 0.3 is 12.1 Å². The van der Waals surface area contributed by atoms with Crippen molar-refractivity contribution >= 4 is 12.1 Å². The van der Waals surface area contributed by atoms with Crippen molar-refractivity contribution in [1.29, 1.82) is 0 Å². The molecule has 1 aromatic rings. The molecule has 1 aromatic carbocycles. The van der Waals surface area contributed by atoms with Crippen molar-refractivity contribution in [1.82, 2.24) is 0 Å². The van der Waals surface area contributed by atoms with E-state index in [1.807, 2.05) is 0 Å². The Morgan fingerprint density at radius 2 is 1.86 bits per heavy atom. The lowest BCUT2D eigenvalue weighted by atomic mass is 10.1. The smallest absolute Gasteiger partial charge is 0.463 e. The molecule has 0 aliphatic heterocycles. The van der Waals surface area contributed by atoms with Crippen molar-refractivity contribution in [2.75, 3.05) is 13.2 Å². The molecule has 0 fully saturated rings. The van der Waals surface area contributed by atoms with Crippen molar-refractivity contribution in [2.45, 2.75) is 20.0 Å². The van der Waals surface area contributed by atoms with E-state index in [1.165, 1.54) is 24.3 Å². The number of carbonyl (C=O) groups excluding carboxylic acids is 2. The van der Waals surface area contributed by atoms with Gasteiger partial charge in [0.25, 0.3) is 0 Å². The molecular formula is C15H17FO5. The largest absolute Gasteiger partial charge is 0.509 e. The van der Waals surface area contributed by atoms with Gasteiger partial charge in [0.05, 0.1) is 13.2 Å². The summed E-state index contributed by atoms with van der Waals surface area (Å²) >= 11 is 0. The number of esters is 1. The van der Waals surface area contributed by atoms with Crippen molar-refractivity contribution in [3.8, 4) is 0 Å². The highest BCUT2D eigenvalue weighted by Gasteiger charge is 2.18. The van der Waals surface area contributed by atoms with Crippen LogP contribution < -0.4 is 0 Å². The summed E-state index contributed by atoms with van der Waals surface area (Å²) in [6.07, 6.45) is 0.307. The average molecular weight is 296 g/mol. The zero-order valence-electron chi connectivity index (χ0n) is 11.9. The molecular weight excluding hydrogens is 279 g/mol. The Hall–Kier alpha value is -2.37. The molecule has 0 spiro atoms. The second-order valence-electron chi connectivity index (χ2n) is 3.85. The minimum absolute atomic E-state index is 0.117. The SMILES string of the molecule is CCOC(=O)/C=C\C(OC(=O)OCC)c1ccccc1F. The van der Waals surface area contributed by atoms with Crippen molar-refractivity contribution in [3.63, 3.8) is 0 Å². The van der Waals surface area contributed by atoms with Gasteiger partial charge in [-0.3, -0.25) is 0 Å². The zero-order valence-corrected chi connectivity index (χ0v) is 11.9. The first-order valence-corrected chi connectivity index (χ1v) is 6.51. The van der Waals surface area contributed by atoms with Gasteiger partial charge in [0.2, 0.25) is 0 Å². The molecule has 0 saturated heterocycles. The van der Waals surface area contributed by atoms with E-state index in [2.05, 4.69) is 4.74 Å². The molecule has 0 heterocycles. The lowest BCUT2D eigenvalue weighted by Gasteiger charge is -2.14. The van der Waals surface area contributed by atoms with Crippen molar-refractivity contribution < 1.29 is 28.2 Å². The molecule has 5 nitrogen and oxygen atoms in total. The Morgan fingerprint density at radius 1 is 1.19 bits per heavy atom. The van der Waals surface area contributed by atoms with Gasteiger partial charge < -0.3 is 14.2 Å². The molecule has 1 atom stereocenters. The fraction of sp³-hybridized carbons (Fsp3) is 0.333. The fourth-order valence-corrected chi connectivity index (χ4v) is 1.52. The van der Waals surface area contributed by atoms with E-state index in [0.717, 1.165) is 6.08 Å². The van der Waals surface area contributed by atoms with Crippen LogP contribution in [0.4, 0.5) is 9.18 Å². The van der Waals surface area contributed by atoms with Crippen LogP contribution in [0, 0.1) is 5.82 Å². The summed E-state index contributed by atoms with van der Waals surface area (Å²) in [5.41, 5.74) is 0.117. The molecule has 0 amide bonds. The first-order valence-electron chi connectivity index (χ1n) is 6.51. The number of benzene rings is 1. The first kappa shape index (κ1) is 16.7. The highest BCUT2D eigenvalue weighted by molar-refractivity contribution is 5.82. The third-order valence-electron chi connectivity index (χ3n) is 2.39. The average Bonchev–Trinajstić information content (AvgIpc) is 2.45. The van der Waals surface area contributed by atoms with E-state index >= 15 is 0 Å². The monoisotopic (exact) mass is 296 g/mol. The molecule has 0 aliphatic carbocycles. The summed E-state index contributed by atoms with van der Waals surface area (Å²) in [4.78, 5) is 22.7. The third kappa shape index (κ3) is 5.64. The van der Waals surface area contributed by atoms with Crippen molar-refractivity contribution in [3.05, 3.63) is 47.8 Å². The van der Waals surface area contributed by atoms with E-state index < -0.39 is 24.0 Å². The minimum Gasteiger partial charge on any atom is -0.463 e. The maximum Gasteiger partial charge on any atom is 0.509 e. The second-order valence-corrected chi connectivity index (χ2v) is 3.85. The van der Waals surface area contributed by atoms with E-state index in [1.54, 1.807) is 19.9 Å². The summed E-state index contributed by atoms with van der Waals surface area (Å²) < 4.78 is 28.1. The summed E-state index contributed by atoms with van der Waals surface area (Å²) in [5.74, 6) is -1.16. The molecule has 0 bridgehead atoms. The van der Waals surface area contributed by atoms with Crippen LogP contribution in [0.5, 0.6) is 0 Å². The quantitative estimate of drug-likeness (QED) is 0.596. The van der Waals surface area contributed by atoms with Crippen LogP contribution in [0.2, 0.25) is 0 Å². The molecule has 114 valence electrons. The molecule has 0 saturated carbocycles. The Bertz CT molecular complexity index is 513. The van der Waals surface area contributed by atoms with Gasteiger partial charge in [-0.2, -0.15) is 0 Å². The molecule has 1 rings (SSSR count). The van der Waals surface area contributed by atoms with Gasteiger partial charge in [-0.25, -0.2) is 14.0 Å². The topological polar surface area (TPSA) is 61.8 Å². The molecule has 0 N–H and O–H groups in total. The van der Waals surface area contributed by atoms with Crippen LogP contribution in [0.1, 0.15) is 25.5 Å². The van der Waals surface area contributed by atoms with E-state index in [4.69, 9.17) is 9.47 Å². The molecule has 6 heteroatoms. The van der Waals surface area contributed by atoms with Crippen LogP contribution in [-0.2, 0) is 19.0 Å². The molecule has 0 radical (unpaired) electrons. The number of halogens is 1. The lowest BCUT2D eigenvalue weighted by molar-refractivity contribution is -0.137. The van der Waals surface area contributed by atoms with Crippen LogP contribution in [0.3, 0.4) is 0 Å². The number of carbonyl (C=O) groups is 2. The Labute approximate surface area is 122 Å².